The molecule has 0 aliphatic heterocycles. The van der Waals surface area contributed by atoms with E-state index in [1.807, 2.05) is 133 Å². The predicted molar refractivity (Wildman–Crippen MR) is 305 cm³/mol. The second-order valence-corrected chi connectivity index (χ2v) is 24.0. The van der Waals surface area contributed by atoms with Gasteiger partial charge in [-0.15, -0.1) is 0 Å². The van der Waals surface area contributed by atoms with E-state index in [1.165, 1.54) is 32.3 Å². The summed E-state index contributed by atoms with van der Waals surface area (Å²) < 4.78 is 99.2. The van der Waals surface area contributed by atoms with Crippen LogP contribution in [0, 0.1) is 49.4 Å². The Morgan fingerprint density at radius 1 is 0.308 bits per heavy atom. The average molecular weight is 1220 g/mol. The zero-order valence-electron chi connectivity index (χ0n) is 41.4. The normalized spacial score (nSPS) is 12.8. The molecule has 0 amide bonds. The monoisotopic (exact) mass is 1220 g/mol. The fourth-order valence-electron chi connectivity index (χ4n) is 10.1. The van der Waals surface area contributed by atoms with Gasteiger partial charge in [-0.3, -0.25) is 0 Å². The Labute approximate surface area is 487 Å². The number of benzene rings is 12. The molecule has 12 rings (SSSR count). The molecule has 391 valence electrons. The maximum absolute atomic E-state index is 15.2. The van der Waals surface area contributed by atoms with Crippen LogP contribution in [0.15, 0.2) is 255 Å². The molecule has 2 unspecified atom stereocenters. The third-order valence-electron chi connectivity index (χ3n) is 13.8. The molecule has 0 aromatic heterocycles. The quantitative estimate of drug-likeness (QED) is 0.0903. The minimum Gasteiger partial charge on any atom is -0.384 e. The van der Waals surface area contributed by atoms with Gasteiger partial charge >= 0.3 is 12.4 Å². The summed E-state index contributed by atoms with van der Waals surface area (Å²) in [5.74, 6) is 0. The van der Waals surface area contributed by atoms with Crippen LogP contribution in [0.1, 0.15) is 6.42 Å². The smallest absolute Gasteiger partial charge is 0.384 e. The van der Waals surface area contributed by atoms with Gasteiger partial charge in [-0.25, -0.2) is 0 Å². The molecular weight excluding hydrogens is 1170 g/mol. The number of rotatable bonds is 8. The van der Waals surface area contributed by atoms with Gasteiger partial charge in [-0.1, -0.05) is 243 Å². The Kier molecular flexibility index (Phi) is 17.1. The summed E-state index contributed by atoms with van der Waals surface area (Å²) in [6, 6.07) is 86.4. The molecule has 0 heterocycles. The average Bonchev–Trinajstić information content (AvgIpc) is 3.66. The molecule has 13 heteroatoms. The zero-order chi connectivity index (χ0) is 54.0. The van der Waals surface area contributed by atoms with Crippen LogP contribution in [0.2, 0.25) is 0 Å². The van der Waals surface area contributed by atoms with Gasteiger partial charge in [0.1, 0.15) is 0 Å². The second-order valence-electron chi connectivity index (χ2n) is 18.6. The van der Waals surface area contributed by atoms with E-state index in [9.17, 15) is 26.3 Å². The molecule has 0 saturated carbocycles. The summed E-state index contributed by atoms with van der Waals surface area (Å²) >= 11 is 0. The van der Waals surface area contributed by atoms with E-state index in [-0.39, 0.29) is 49.4 Å². The molecule has 0 spiro atoms. The van der Waals surface area contributed by atoms with Crippen molar-refractivity contribution in [2.24, 2.45) is 0 Å². The molecule has 12 aromatic carbocycles. The van der Waals surface area contributed by atoms with Crippen molar-refractivity contribution in [1.82, 2.24) is 0 Å². The summed E-state index contributed by atoms with van der Waals surface area (Å²) in [4.78, 5) is 0. The first-order valence-electron chi connectivity index (χ1n) is 24.7. The van der Waals surface area contributed by atoms with Crippen molar-refractivity contribution in [3.63, 3.8) is 0 Å². The summed E-state index contributed by atoms with van der Waals surface area (Å²) in [6.45, 7) is 0. The molecule has 2 N–H and O–H groups in total. The zero-order valence-corrected chi connectivity index (χ0v) is 45.6. The van der Waals surface area contributed by atoms with Crippen molar-refractivity contribution in [1.29, 1.82) is 0 Å². The van der Waals surface area contributed by atoms with Crippen LogP contribution < -0.4 is 31.8 Å². The van der Waals surface area contributed by atoms with Gasteiger partial charge in [0.25, 0.3) is 0 Å². The first-order valence-corrected chi connectivity index (χ1v) is 28.1. The Morgan fingerprint density at radius 3 is 0.846 bits per heavy atom. The van der Waals surface area contributed by atoms with E-state index in [0.717, 1.165) is 64.1 Å². The Morgan fingerprint density at radius 2 is 0.551 bits per heavy atom. The van der Waals surface area contributed by atoms with Crippen molar-refractivity contribution in [3.05, 3.63) is 255 Å². The molecule has 0 saturated heterocycles. The van der Waals surface area contributed by atoms with Gasteiger partial charge in [-0.05, 0) is 76.8 Å². The maximum Gasteiger partial charge on any atom is 0.414 e. The van der Waals surface area contributed by atoms with Crippen LogP contribution >= 0.6 is 14.3 Å². The minimum absolute atomic E-state index is 0. The van der Waals surface area contributed by atoms with Crippen LogP contribution in [-0.4, -0.2) is 34.8 Å². The van der Waals surface area contributed by atoms with E-state index in [0.29, 0.717) is 0 Å². The number of halogens is 6. The minimum atomic E-state index is -5.15. The predicted octanol–water partition coefficient (Wildman–Crippen LogP) is 14.8. The Hall–Kier alpha value is -6.26. The standard InChI is InChI=1S/2C30H21OP.C5H6F6O2.Eu/c2*31-32(23-12-3-1-4-13-23,24-14-5-2-6-15-24)30-21-29-25-16-8-7-11-22(25)19-20-27(29)26-17-9-10-18-28(26)30;6-4(7,8)2(12)1-3(13)5(9,10)11;/h2*1-21H;2-3,12-13H,1H2;. The van der Waals surface area contributed by atoms with Gasteiger partial charge in [-0.2, -0.15) is 26.3 Å². The summed E-state index contributed by atoms with van der Waals surface area (Å²) in [7, 11) is -6.21. The summed E-state index contributed by atoms with van der Waals surface area (Å²) in [6.07, 6.45) is -18.4. The number of aliphatic hydroxyl groups is 2. The SMILES string of the molecule is O=P(c1ccccc1)(c1ccccc1)c1cc2c3ccccc3ccc2c2ccccc12.O=P(c1ccccc1)(c1ccccc1)c1cc2c3ccccc3ccc2c2ccccc12.OC(CC(O)C(F)(F)F)C(F)(F)F.[Eu]. The van der Waals surface area contributed by atoms with E-state index in [1.54, 1.807) is 0 Å². The first-order chi connectivity index (χ1) is 37.1. The Bertz CT molecular complexity index is 3810. The number of alkyl halides is 6. The van der Waals surface area contributed by atoms with Gasteiger partial charge in [0, 0.05) is 87.6 Å². The van der Waals surface area contributed by atoms with Gasteiger partial charge in [0.2, 0.25) is 0 Å². The van der Waals surface area contributed by atoms with E-state index in [2.05, 4.69) is 121 Å². The molecule has 12 aromatic rings. The fraction of sp³-hybridized carbons (Fsp3) is 0.0769. The molecule has 0 aliphatic rings. The maximum atomic E-state index is 15.2. The molecule has 4 nitrogen and oxygen atoms in total. The van der Waals surface area contributed by atoms with E-state index >= 15 is 9.13 Å². The van der Waals surface area contributed by atoms with Crippen LogP contribution in [0.25, 0.3) is 64.6 Å². The summed E-state index contributed by atoms with van der Waals surface area (Å²) in [5.41, 5.74) is 0. The number of hydrogen-bond donors (Lipinski definition) is 2. The Balaban J connectivity index is 0.000000154. The van der Waals surface area contributed by atoms with E-state index in [4.69, 9.17) is 10.2 Å². The first kappa shape index (κ1) is 56.5. The van der Waals surface area contributed by atoms with Crippen LogP contribution in [-0.2, 0) is 9.13 Å². The third kappa shape index (κ3) is 11.2. The number of fused-ring (bicyclic) bond motifs is 10. The summed E-state index contributed by atoms with van der Waals surface area (Å²) in [5, 5.41) is 35.3. The number of hydrogen-bond acceptors (Lipinski definition) is 4. The molecule has 0 bridgehead atoms. The van der Waals surface area contributed by atoms with Crippen molar-refractivity contribution in [2.45, 2.75) is 31.0 Å². The topological polar surface area (TPSA) is 74.6 Å². The van der Waals surface area contributed by atoms with Crippen LogP contribution in [0.5, 0.6) is 0 Å². The van der Waals surface area contributed by atoms with Crippen molar-refractivity contribution in [3.8, 4) is 0 Å². The number of aliphatic hydroxyl groups excluding tert-OH is 2. The molecule has 78 heavy (non-hydrogen) atoms. The second kappa shape index (κ2) is 23.6. The van der Waals surface area contributed by atoms with Crippen molar-refractivity contribution in [2.75, 3.05) is 0 Å². The third-order valence-corrected chi connectivity index (χ3v) is 20.0. The molecule has 2 atom stereocenters. The van der Waals surface area contributed by atoms with Crippen molar-refractivity contribution >= 4 is 111 Å². The van der Waals surface area contributed by atoms with Gasteiger partial charge in [0.05, 0.1) is 0 Å². The largest absolute Gasteiger partial charge is 0.414 e. The fourth-order valence-corrected chi connectivity index (χ4v) is 15.9. The van der Waals surface area contributed by atoms with Crippen molar-refractivity contribution < 1.29 is 95.1 Å². The molecule has 0 aliphatic carbocycles. The molecule has 1 radical (unpaired) electrons. The molecule has 0 fully saturated rings. The van der Waals surface area contributed by atoms with Gasteiger partial charge < -0.3 is 19.3 Å². The van der Waals surface area contributed by atoms with Crippen LogP contribution in [0.3, 0.4) is 0 Å². The van der Waals surface area contributed by atoms with Gasteiger partial charge in [0.15, 0.2) is 26.5 Å². The van der Waals surface area contributed by atoms with Crippen LogP contribution in [0.4, 0.5) is 26.3 Å². The van der Waals surface area contributed by atoms with E-state index < -0.39 is 45.3 Å². The molecular formula is C65H48EuF6O4P2.